The first-order chi connectivity index (χ1) is 8.54. The number of hydrogen-bond acceptors (Lipinski definition) is 2. The predicted molar refractivity (Wildman–Crippen MR) is 76.8 cm³/mol. The van der Waals surface area contributed by atoms with Gasteiger partial charge in [-0.2, -0.15) is 0 Å². The third-order valence-corrected chi connectivity index (χ3v) is 3.10. The van der Waals surface area contributed by atoms with Crippen LogP contribution in [0.5, 0.6) is 0 Å². The molecule has 0 aliphatic heterocycles. The molecule has 1 amide bonds. The van der Waals surface area contributed by atoms with E-state index < -0.39 is 0 Å². The van der Waals surface area contributed by atoms with Crippen LogP contribution in [-0.2, 0) is 11.2 Å². The quantitative estimate of drug-likeness (QED) is 0.839. The van der Waals surface area contributed by atoms with Crippen LogP contribution < -0.4 is 5.32 Å². The Morgan fingerprint density at radius 1 is 1.28 bits per heavy atom. The first-order valence-corrected chi connectivity index (χ1v) is 6.63. The van der Waals surface area contributed by atoms with Gasteiger partial charge in [-0.25, -0.2) is 0 Å². The van der Waals surface area contributed by atoms with Crippen LogP contribution in [0.25, 0.3) is 0 Å². The van der Waals surface area contributed by atoms with E-state index in [4.69, 9.17) is 0 Å². The standard InChI is InChI=1S/C15H24N2O/c1-5-6-13-7-9-14(10-8-13)16-11-15(18)17(4)12(2)3/h7-10,12,16H,5-6,11H2,1-4H3. The lowest BCUT2D eigenvalue weighted by Gasteiger charge is -2.21. The second-order valence-electron chi connectivity index (χ2n) is 4.90. The van der Waals surface area contributed by atoms with Crippen molar-refractivity contribution in [1.82, 2.24) is 4.90 Å². The van der Waals surface area contributed by atoms with E-state index >= 15 is 0 Å². The monoisotopic (exact) mass is 248 g/mol. The lowest BCUT2D eigenvalue weighted by molar-refractivity contribution is -0.129. The zero-order valence-corrected chi connectivity index (χ0v) is 11.9. The maximum atomic E-state index is 11.8. The van der Waals surface area contributed by atoms with Gasteiger partial charge in [0.2, 0.25) is 5.91 Å². The Balaban J connectivity index is 2.46. The molecule has 1 rings (SSSR count). The van der Waals surface area contributed by atoms with Crippen molar-refractivity contribution < 1.29 is 4.79 Å². The number of rotatable bonds is 6. The molecule has 0 aromatic heterocycles. The fourth-order valence-corrected chi connectivity index (χ4v) is 1.67. The molecule has 0 bridgehead atoms. The summed E-state index contributed by atoms with van der Waals surface area (Å²) < 4.78 is 0. The van der Waals surface area contributed by atoms with Crippen LogP contribution in [0.1, 0.15) is 32.8 Å². The lowest BCUT2D eigenvalue weighted by atomic mass is 10.1. The minimum atomic E-state index is 0.114. The van der Waals surface area contributed by atoms with Crippen molar-refractivity contribution in [3.63, 3.8) is 0 Å². The van der Waals surface area contributed by atoms with E-state index in [1.807, 2.05) is 33.0 Å². The van der Waals surface area contributed by atoms with Crippen LogP contribution in [0.15, 0.2) is 24.3 Å². The van der Waals surface area contributed by atoms with Crippen molar-refractivity contribution in [3.8, 4) is 0 Å². The molecule has 0 unspecified atom stereocenters. The summed E-state index contributed by atoms with van der Waals surface area (Å²) in [6, 6.07) is 8.54. The molecule has 0 radical (unpaired) electrons. The number of amides is 1. The molecule has 0 atom stereocenters. The van der Waals surface area contributed by atoms with Gasteiger partial charge in [0.1, 0.15) is 0 Å². The third kappa shape index (κ3) is 4.40. The molecule has 0 aliphatic carbocycles. The number of carbonyl (C=O) groups is 1. The Morgan fingerprint density at radius 3 is 2.39 bits per heavy atom. The van der Waals surface area contributed by atoms with Gasteiger partial charge in [-0.15, -0.1) is 0 Å². The third-order valence-electron chi connectivity index (χ3n) is 3.10. The summed E-state index contributed by atoms with van der Waals surface area (Å²) in [6.45, 7) is 6.54. The van der Waals surface area contributed by atoms with Crippen LogP contribution in [0.2, 0.25) is 0 Å². The molecule has 1 aromatic carbocycles. The summed E-state index contributed by atoms with van der Waals surface area (Å²) >= 11 is 0. The first-order valence-electron chi connectivity index (χ1n) is 6.63. The molecule has 1 N–H and O–H groups in total. The van der Waals surface area contributed by atoms with Crippen molar-refractivity contribution in [2.24, 2.45) is 0 Å². The van der Waals surface area contributed by atoms with Gasteiger partial charge < -0.3 is 10.2 Å². The summed E-state index contributed by atoms with van der Waals surface area (Å²) in [5.41, 5.74) is 2.34. The Morgan fingerprint density at radius 2 is 1.89 bits per heavy atom. The minimum absolute atomic E-state index is 0.114. The fraction of sp³-hybridized carbons (Fsp3) is 0.533. The Hall–Kier alpha value is -1.51. The highest BCUT2D eigenvalue weighted by Gasteiger charge is 2.10. The van der Waals surface area contributed by atoms with Crippen molar-refractivity contribution >= 4 is 11.6 Å². The van der Waals surface area contributed by atoms with Crippen LogP contribution in [0.3, 0.4) is 0 Å². The maximum absolute atomic E-state index is 11.8. The topological polar surface area (TPSA) is 32.3 Å². The summed E-state index contributed by atoms with van der Waals surface area (Å²) in [5, 5.41) is 3.16. The van der Waals surface area contributed by atoms with Gasteiger partial charge in [0, 0.05) is 18.8 Å². The van der Waals surface area contributed by atoms with E-state index in [0.29, 0.717) is 6.54 Å². The smallest absolute Gasteiger partial charge is 0.241 e. The lowest BCUT2D eigenvalue weighted by Crippen LogP contribution is -2.37. The van der Waals surface area contributed by atoms with Crippen molar-refractivity contribution in [2.75, 3.05) is 18.9 Å². The fourth-order valence-electron chi connectivity index (χ4n) is 1.67. The zero-order chi connectivity index (χ0) is 13.5. The van der Waals surface area contributed by atoms with Crippen LogP contribution in [0, 0.1) is 0 Å². The second-order valence-corrected chi connectivity index (χ2v) is 4.90. The molecule has 0 spiro atoms. The Labute approximate surface area is 110 Å². The van der Waals surface area contributed by atoms with Gasteiger partial charge >= 0.3 is 0 Å². The van der Waals surface area contributed by atoms with E-state index in [2.05, 4.69) is 24.4 Å². The highest BCUT2D eigenvalue weighted by Crippen LogP contribution is 2.10. The SMILES string of the molecule is CCCc1ccc(NCC(=O)N(C)C(C)C)cc1. The zero-order valence-electron chi connectivity index (χ0n) is 11.9. The number of nitrogens with one attached hydrogen (secondary N) is 1. The second kappa shape index (κ2) is 7.04. The van der Waals surface area contributed by atoms with E-state index in [0.717, 1.165) is 18.5 Å². The molecule has 100 valence electrons. The van der Waals surface area contributed by atoms with Gasteiger partial charge in [-0.3, -0.25) is 4.79 Å². The van der Waals surface area contributed by atoms with Crippen LogP contribution in [0.4, 0.5) is 5.69 Å². The minimum Gasteiger partial charge on any atom is -0.376 e. The van der Waals surface area contributed by atoms with Gasteiger partial charge in [-0.05, 0) is 38.0 Å². The number of hydrogen-bond donors (Lipinski definition) is 1. The molecule has 0 heterocycles. The molecule has 0 aliphatic rings. The Kier molecular flexibility index (Phi) is 5.69. The van der Waals surface area contributed by atoms with Crippen molar-refractivity contribution in [3.05, 3.63) is 29.8 Å². The molecular weight excluding hydrogens is 224 g/mol. The van der Waals surface area contributed by atoms with E-state index in [-0.39, 0.29) is 11.9 Å². The molecule has 18 heavy (non-hydrogen) atoms. The molecular formula is C15H24N2O. The molecule has 1 aromatic rings. The number of anilines is 1. The van der Waals surface area contributed by atoms with Crippen LogP contribution >= 0.6 is 0 Å². The number of aryl methyl sites for hydroxylation is 1. The number of likely N-dealkylation sites (N-methyl/N-ethyl adjacent to an activating group) is 1. The summed E-state index contributed by atoms with van der Waals surface area (Å²) in [6.07, 6.45) is 2.26. The van der Waals surface area contributed by atoms with Gasteiger partial charge in [-0.1, -0.05) is 25.5 Å². The predicted octanol–water partition coefficient (Wildman–Crippen LogP) is 2.92. The largest absolute Gasteiger partial charge is 0.376 e. The van der Waals surface area contributed by atoms with E-state index in [9.17, 15) is 4.79 Å². The molecule has 0 saturated heterocycles. The van der Waals surface area contributed by atoms with Gasteiger partial charge in [0.05, 0.1) is 6.54 Å². The summed E-state index contributed by atoms with van der Waals surface area (Å²) in [4.78, 5) is 13.5. The van der Waals surface area contributed by atoms with Crippen LogP contribution in [-0.4, -0.2) is 30.4 Å². The summed E-state index contributed by atoms with van der Waals surface area (Å²) in [7, 11) is 1.83. The molecule has 0 fully saturated rings. The van der Waals surface area contributed by atoms with Crippen molar-refractivity contribution in [1.29, 1.82) is 0 Å². The highest BCUT2D eigenvalue weighted by molar-refractivity contribution is 5.80. The van der Waals surface area contributed by atoms with E-state index in [1.165, 1.54) is 5.56 Å². The van der Waals surface area contributed by atoms with Crippen molar-refractivity contribution in [2.45, 2.75) is 39.7 Å². The normalized spacial score (nSPS) is 10.5. The van der Waals surface area contributed by atoms with Gasteiger partial charge in [0.15, 0.2) is 0 Å². The molecule has 3 nitrogen and oxygen atoms in total. The number of benzene rings is 1. The van der Waals surface area contributed by atoms with E-state index in [1.54, 1.807) is 4.90 Å². The average molecular weight is 248 g/mol. The molecule has 3 heteroatoms. The molecule has 0 saturated carbocycles. The Bertz CT molecular complexity index is 371. The summed E-state index contributed by atoms with van der Waals surface area (Å²) in [5.74, 6) is 0.114. The maximum Gasteiger partial charge on any atom is 0.241 e. The number of nitrogens with zero attached hydrogens (tertiary/aromatic N) is 1. The number of carbonyl (C=O) groups excluding carboxylic acids is 1. The average Bonchev–Trinajstić information content (AvgIpc) is 2.37. The van der Waals surface area contributed by atoms with Gasteiger partial charge in [0.25, 0.3) is 0 Å². The first kappa shape index (κ1) is 14.6. The highest BCUT2D eigenvalue weighted by atomic mass is 16.2.